The monoisotopic (exact) mass is 241 g/mol. The molecule has 92 valence electrons. The van der Waals surface area contributed by atoms with Gasteiger partial charge in [0.1, 0.15) is 0 Å². The summed E-state index contributed by atoms with van der Waals surface area (Å²) in [6.45, 7) is 0. The fourth-order valence-corrected chi connectivity index (χ4v) is 1.85. The lowest BCUT2D eigenvalue weighted by Gasteiger charge is -2.04. The van der Waals surface area contributed by atoms with E-state index in [2.05, 4.69) is 0 Å². The molecule has 2 rings (SSSR count). The maximum absolute atomic E-state index is 10.7. The van der Waals surface area contributed by atoms with Gasteiger partial charge in [0.25, 0.3) is 0 Å². The first kappa shape index (κ1) is 12.2. The lowest BCUT2D eigenvalue weighted by molar-refractivity contribution is 0.0697. The number of aryl methyl sites for hydroxylation is 2. The zero-order valence-electron chi connectivity index (χ0n) is 9.97. The average Bonchev–Trinajstić information content (AvgIpc) is 2.37. The standard InChI is InChI=1S/C15H15NO2/c16-14-3-1-2-12(10-14)5-4-11-6-8-13(9-7-11)15(17)18/h1-3,6-10H,4-5,16H2,(H,17,18). The molecule has 18 heavy (non-hydrogen) atoms. The Labute approximate surface area is 106 Å². The molecule has 2 aromatic carbocycles. The van der Waals surface area contributed by atoms with Crippen molar-refractivity contribution in [1.29, 1.82) is 0 Å². The highest BCUT2D eigenvalue weighted by Gasteiger charge is 2.02. The van der Waals surface area contributed by atoms with Gasteiger partial charge in [-0.3, -0.25) is 0 Å². The highest BCUT2D eigenvalue weighted by molar-refractivity contribution is 5.87. The summed E-state index contributed by atoms with van der Waals surface area (Å²) in [7, 11) is 0. The SMILES string of the molecule is Nc1cccc(CCc2ccc(C(=O)O)cc2)c1. The van der Waals surface area contributed by atoms with Crippen LogP contribution in [0.4, 0.5) is 5.69 Å². The quantitative estimate of drug-likeness (QED) is 0.809. The molecule has 0 aromatic heterocycles. The van der Waals surface area contributed by atoms with Gasteiger partial charge in [-0.25, -0.2) is 4.79 Å². The Kier molecular flexibility index (Phi) is 3.63. The maximum atomic E-state index is 10.7. The second kappa shape index (κ2) is 5.36. The molecular formula is C15H15NO2. The van der Waals surface area contributed by atoms with Crippen molar-refractivity contribution in [3.8, 4) is 0 Å². The van der Waals surface area contributed by atoms with Gasteiger partial charge in [0.15, 0.2) is 0 Å². The summed E-state index contributed by atoms with van der Waals surface area (Å²) in [5.41, 5.74) is 9.13. The van der Waals surface area contributed by atoms with Crippen LogP contribution in [0.1, 0.15) is 21.5 Å². The number of hydrogen-bond donors (Lipinski definition) is 2. The van der Waals surface area contributed by atoms with Gasteiger partial charge in [0.05, 0.1) is 5.56 Å². The zero-order valence-corrected chi connectivity index (χ0v) is 9.97. The van der Waals surface area contributed by atoms with E-state index in [1.165, 1.54) is 5.56 Å². The number of carboxylic acid groups (broad SMARTS) is 1. The van der Waals surface area contributed by atoms with Crippen molar-refractivity contribution in [2.45, 2.75) is 12.8 Å². The number of carbonyl (C=O) groups is 1. The van der Waals surface area contributed by atoms with Crippen LogP contribution in [0, 0.1) is 0 Å². The third kappa shape index (κ3) is 3.10. The summed E-state index contributed by atoms with van der Waals surface area (Å²) in [5, 5.41) is 8.80. The van der Waals surface area contributed by atoms with Crippen LogP contribution in [-0.2, 0) is 12.8 Å². The Balaban J connectivity index is 2.00. The van der Waals surface area contributed by atoms with E-state index in [0.29, 0.717) is 5.56 Å². The molecule has 3 N–H and O–H groups in total. The minimum Gasteiger partial charge on any atom is -0.478 e. The van der Waals surface area contributed by atoms with Crippen molar-refractivity contribution >= 4 is 11.7 Å². The van der Waals surface area contributed by atoms with Crippen LogP contribution in [-0.4, -0.2) is 11.1 Å². The van der Waals surface area contributed by atoms with E-state index < -0.39 is 5.97 Å². The van der Waals surface area contributed by atoms with Crippen LogP contribution >= 0.6 is 0 Å². The normalized spacial score (nSPS) is 10.2. The second-order valence-electron chi connectivity index (χ2n) is 4.25. The predicted molar refractivity (Wildman–Crippen MR) is 71.7 cm³/mol. The largest absolute Gasteiger partial charge is 0.478 e. The first-order valence-corrected chi connectivity index (χ1v) is 5.82. The molecule has 0 aliphatic heterocycles. The van der Waals surface area contributed by atoms with E-state index in [4.69, 9.17) is 10.8 Å². The Morgan fingerprint density at radius 3 is 2.28 bits per heavy atom. The van der Waals surface area contributed by atoms with Crippen molar-refractivity contribution in [3.63, 3.8) is 0 Å². The summed E-state index contributed by atoms with van der Waals surface area (Å²) in [6, 6.07) is 14.8. The number of hydrogen-bond acceptors (Lipinski definition) is 2. The van der Waals surface area contributed by atoms with Gasteiger partial charge in [-0.2, -0.15) is 0 Å². The number of aromatic carboxylic acids is 1. The molecule has 0 aliphatic rings. The van der Waals surface area contributed by atoms with E-state index in [9.17, 15) is 4.79 Å². The van der Waals surface area contributed by atoms with Crippen LogP contribution < -0.4 is 5.73 Å². The summed E-state index contributed by atoms with van der Waals surface area (Å²) in [5.74, 6) is -0.891. The molecule has 0 atom stereocenters. The lowest BCUT2D eigenvalue weighted by atomic mass is 10.0. The molecule has 3 heteroatoms. The molecule has 0 saturated heterocycles. The molecule has 0 heterocycles. The van der Waals surface area contributed by atoms with Crippen LogP contribution in [0.5, 0.6) is 0 Å². The summed E-state index contributed by atoms with van der Waals surface area (Å²) < 4.78 is 0. The van der Waals surface area contributed by atoms with Crippen LogP contribution in [0.3, 0.4) is 0 Å². The molecular weight excluding hydrogens is 226 g/mol. The Bertz CT molecular complexity index is 547. The molecule has 0 fully saturated rings. The highest BCUT2D eigenvalue weighted by atomic mass is 16.4. The molecule has 0 radical (unpaired) electrons. The fourth-order valence-electron chi connectivity index (χ4n) is 1.85. The first-order chi connectivity index (χ1) is 8.65. The Morgan fingerprint density at radius 2 is 1.67 bits per heavy atom. The van der Waals surface area contributed by atoms with Gasteiger partial charge in [-0.15, -0.1) is 0 Å². The summed E-state index contributed by atoms with van der Waals surface area (Å²) >= 11 is 0. The minimum atomic E-state index is -0.891. The third-order valence-electron chi connectivity index (χ3n) is 2.85. The summed E-state index contributed by atoms with van der Waals surface area (Å²) in [6.07, 6.45) is 1.78. The number of nitrogens with two attached hydrogens (primary N) is 1. The maximum Gasteiger partial charge on any atom is 0.335 e. The molecule has 0 aliphatic carbocycles. The van der Waals surface area contributed by atoms with Crippen molar-refractivity contribution in [2.75, 3.05) is 5.73 Å². The van der Waals surface area contributed by atoms with Crippen molar-refractivity contribution in [3.05, 3.63) is 65.2 Å². The Hall–Kier alpha value is -2.29. The lowest BCUT2D eigenvalue weighted by Crippen LogP contribution is -1.97. The van der Waals surface area contributed by atoms with Crippen LogP contribution in [0.25, 0.3) is 0 Å². The minimum absolute atomic E-state index is 0.322. The van der Waals surface area contributed by atoms with E-state index in [0.717, 1.165) is 24.1 Å². The molecule has 0 bridgehead atoms. The van der Waals surface area contributed by atoms with Crippen molar-refractivity contribution < 1.29 is 9.90 Å². The molecule has 0 saturated carbocycles. The topological polar surface area (TPSA) is 63.3 Å². The smallest absolute Gasteiger partial charge is 0.335 e. The van der Waals surface area contributed by atoms with E-state index in [-0.39, 0.29) is 0 Å². The first-order valence-electron chi connectivity index (χ1n) is 5.82. The number of benzene rings is 2. The van der Waals surface area contributed by atoms with Gasteiger partial charge >= 0.3 is 5.97 Å². The van der Waals surface area contributed by atoms with Gasteiger partial charge < -0.3 is 10.8 Å². The van der Waals surface area contributed by atoms with Gasteiger partial charge in [0, 0.05) is 5.69 Å². The molecule has 0 amide bonds. The predicted octanol–water partition coefficient (Wildman–Crippen LogP) is 2.75. The van der Waals surface area contributed by atoms with Gasteiger partial charge in [-0.05, 0) is 48.2 Å². The van der Waals surface area contributed by atoms with E-state index in [1.807, 2.05) is 36.4 Å². The third-order valence-corrected chi connectivity index (χ3v) is 2.85. The zero-order chi connectivity index (χ0) is 13.0. The van der Waals surface area contributed by atoms with Crippen molar-refractivity contribution in [1.82, 2.24) is 0 Å². The average molecular weight is 241 g/mol. The molecule has 0 unspecified atom stereocenters. The number of nitrogen functional groups attached to an aromatic ring is 1. The van der Waals surface area contributed by atoms with Crippen LogP contribution in [0.15, 0.2) is 48.5 Å². The van der Waals surface area contributed by atoms with E-state index in [1.54, 1.807) is 12.1 Å². The number of carboxylic acids is 1. The van der Waals surface area contributed by atoms with Gasteiger partial charge in [0.2, 0.25) is 0 Å². The molecule has 0 spiro atoms. The fraction of sp³-hybridized carbons (Fsp3) is 0.133. The van der Waals surface area contributed by atoms with E-state index >= 15 is 0 Å². The molecule has 3 nitrogen and oxygen atoms in total. The second-order valence-corrected chi connectivity index (χ2v) is 4.25. The van der Waals surface area contributed by atoms with Gasteiger partial charge in [-0.1, -0.05) is 24.3 Å². The van der Waals surface area contributed by atoms with Crippen molar-refractivity contribution in [2.24, 2.45) is 0 Å². The van der Waals surface area contributed by atoms with Crippen LogP contribution in [0.2, 0.25) is 0 Å². The highest BCUT2D eigenvalue weighted by Crippen LogP contribution is 2.11. The number of rotatable bonds is 4. The summed E-state index contributed by atoms with van der Waals surface area (Å²) in [4.78, 5) is 10.7. The molecule has 2 aromatic rings. The Morgan fingerprint density at radius 1 is 1.00 bits per heavy atom. The number of anilines is 1.